The number of nitrogens with zero attached hydrogens (tertiary/aromatic N) is 1. The van der Waals surface area contributed by atoms with Crippen molar-refractivity contribution < 1.29 is 9.90 Å². The van der Waals surface area contributed by atoms with Gasteiger partial charge in [-0.05, 0) is 18.4 Å². The summed E-state index contributed by atoms with van der Waals surface area (Å²) >= 11 is 7.79. The summed E-state index contributed by atoms with van der Waals surface area (Å²) in [6, 6.07) is 7.79. The Bertz CT molecular complexity index is 654. The Morgan fingerprint density at radius 1 is 1.45 bits per heavy atom. The van der Waals surface area contributed by atoms with E-state index in [4.69, 9.17) is 11.6 Å². The normalized spacial score (nSPS) is 23.2. The molecule has 2 heterocycles. The third kappa shape index (κ3) is 2.32. The van der Waals surface area contributed by atoms with Crippen molar-refractivity contribution in [2.75, 3.05) is 13.1 Å². The SMILES string of the molecule is CC1CN(C(=O)c2sc3ccccc3c2Cl)CCC1O. The van der Waals surface area contributed by atoms with Crippen LogP contribution in [0.4, 0.5) is 0 Å². The molecule has 1 saturated heterocycles. The molecule has 3 nitrogen and oxygen atoms in total. The zero-order valence-electron chi connectivity index (χ0n) is 11.2. The predicted octanol–water partition coefficient (Wildman–Crippen LogP) is 3.40. The van der Waals surface area contributed by atoms with E-state index in [1.807, 2.05) is 31.2 Å². The largest absolute Gasteiger partial charge is 0.393 e. The summed E-state index contributed by atoms with van der Waals surface area (Å²) in [7, 11) is 0. The number of amides is 1. The van der Waals surface area contributed by atoms with Crippen molar-refractivity contribution in [1.82, 2.24) is 4.90 Å². The highest BCUT2D eigenvalue weighted by Gasteiger charge is 2.29. The highest BCUT2D eigenvalue weighted by atomic mass is 35.5. The number of halogens is 1. The molecule has 0 spiro atoms. The third-order valence-electron chi connectivity index (χ3n) is 3.88. The number of carbonyl (C=O) groups excluding carboxylic acids is 1. The number of piperidine rings is 1. The summed E-state index contributed by atoms with van der Waals surface area (Å²) < 4.78 is 1.03. The van der Waals surface area contributed by atoms with Crippen LogP contribution < -0.4 is 0 Å². The lowest BCUT2D eigenvalue weighted by atomic mass is 9.96. The number of hydrogen-bond acceptors (Lipinski definition) is 3. The summed E-state index contributed by atoms with van der Waals surface area (Å²) in [4.78, 5) is 15.0. The monoisotopic (exact) mass is 309 g/mol. The van der Waals surface area contributed by atoms with Crippen molar-refractivity contribution >= 4 is 38.9 Å². The van der Waals surface area contributed by atoms with Crippen LogP contribution in [-0.4, -0.2) is 35.1 Å². The highest BCUT2D eigenvalue weighted by molar-refractivity contribution is 7.21. The molecule has 3 rings (SSSR count). The number of carbonyl (C=O) groups is 1. The molecule has 106 valence electrons. The smallest absolute Gasteiger partial charge is 0.265 e. The Morgan fingerprint density at radius 3 is 2.90 bits per heavy atom. The second kappa shape index (κ2) is 5.35. The van der Waals surface area contributed by atoms with Crippen molar-refractivity contribution in [3.8, 4) is 0 Å². The van der Waals surface area contributed by atoms with E-state index in [0.29, 0.717) is 29.4 Å². The van der Waals surface area contributed by atoms with Crippen molar-refractivity contribution in [2.45, 2.75) is 19.4 Å². The van der Waals surface area contributed by atoms with Gasteiger partial charge in [0.05, 0.1) is 11.1 Å². The van der Waals surface area contributed by atoms with E-state index in [0.717, 1.165) is 10.1 Å². The number of rotatable bonds is 1. The lowest BCUT2D eigenvalue weighted by Crippen LogP contribution is -2.44. The number of benzene rings is 1. The van der Waals surface area contributed by atoms with Crippen LogP contribution in [-0.2, 0) is 0 Å². The van der Waals surface area contributed by atoms with Gasteiger partial charge in [0.25, 0.3) is 5.91 Å². The molecule has 0 bridgehead atoms. The first-order valence-electron chi connectivity index (χ1n) is 6.72. The summed E-state index contributed by atoms with van der Waals surface area (Å²) in [6.07, 6.45) is 0.326. The first-order chi connectivity index (χ1) is 9.58. The maximum absolute atomic E-state index is 12.6. The molecule has 20 heavy (non-hydrogen) atoms. The second-order valence-electron chi connectivity index (χ2n) is 5.33. The van der Waals surface area contributed by atoms with E-state index >= 15 is 0 Å². The molecule has 5 heteroatoms. The maximum atomic E-state index is 12.6. The van der Waals surface area contributed by atoms with E-state index in [1.54, 1.807) is 4.90 Å². The van der Waals surface area contributed by atoms with Crippen molar-refractivity contribution in [3.63, 3.8) is 0 Å². The van der Waals surface area contributed by atoms with Gasteiger partial charge in [-0.2, -0.15) is 0 Å². The Hall–Kier alpha value is -1.10. The maximum Gasteiger partial charge on any atom is 0.265 e. The first kappa shape index (κ1) is 13.9. The molecule has 2 aromatic rings. The van der Waals surface area contributed by atoms with Gasteiger partial charge in [0.2, 0.25) is 0 Å². The number of aliphatic hydroxyl groups excluding tert-OH is 1. The van der Waals surface area contributed by atoms with Gasteiger partial charge >= 0.3 is 0 Å². The van der Waals surface area contributed by atoms with Gasteiger partial charge in [-0.1, -0.05) is 36.7 Å². The summed E-state index contributed by atoms with van der Waals surface area (Å²) in [5.74, 6) is 0.0933. The minimum Gasteiger partial charge on any atom is -0.393 e. The van der Waals surface area contributed by atoms with E-state index in [1.165, 1.54) is 11.3 Å². The van der Waals surface area contributed by atoms with E-state index in [-0.39, 0.29) is 17.9 Å². The summed E-state index contributed by atoms with van der Waals surface area (Å²) in [6.45, 7) is 3.15. The van der Waals surface area contributed by atoms with Gasteiger partial charge in [0, 0.05) is 23.2 Å². The van der Waals surface area contributed by atoms with Crippen LogP contribution in [0.3, 0.4) is 0 Å². The van der Waals surface area contributed by atoms with Gasteiger partial charge in [-0.15, -0.1) is 11.3 Å². The van der Waals surface area contributed by atoms with Crippen LogP contribution in [0.1, 0.15) is 23.0 Å². The molecule has 0 aliphatic carbocycles. The first-order valence-corrected chi connectivity index (χ1v) is 7.91. The Morgan fingerprint density at radius 2 is 2.20 bits per heavy atom. The Balaban J connectivity index is 1.91. The number of fused-ring (bicyclic) bond motifs is 1. The fourth-order valence-corrected chi connectivity index (χ4v) is 4.09. The molecule has 1 N–H and O–H groups in total. The Labute approximate surface area is 126 Å². The molecular weight excluding hydrogens is 294 g/mol. The molecule has 0 radical (unpaired) electrons. The van der Waals surface area contributed by atoms with Crippen LogP contribution in [0.5, 0.6) is 0 Å². The van der Waals surface area contributed by atoms with Crippen molar-refractivity contribution in [2.24, 2.45) is 5.92 Å². The average molecular weight is 310 g/mol. The van der Waals surface area contributed by atoms with E-state index in [2.05, 4.69) is 0 Å². The zero-order valence-corrected chi connectivity index (χ0v) is 12.7. The van der Waals surface area contributed by atoms with Gasteiger partial charge in [-0.25, -0.2) is 0 Å². The number of aliphatic hydroxyl groups is 1. The Kier molecular flexibility index (Phi) is 3.71. The molecular formula is C15H16ClNO2S. The van der Waals surface area contributed by atoms with Gasteiger partial charge in [0.1, 0.15) is 4.88 Å². The van der Waals surface area contributed by atoms with Crippen molar-refractivity contribution in [1.29, 1.82) is 0 Å². The molecule has 1 aromatic heterocycles. The molecule has 1 aliphatic rings. The van der Waals surface area contributed by atoms with Gasteiger partial charge in [-0.3, -0.25) is 4.79 Å². The number of likely N-dealkylation sites (tertiary alicyclic amines) is 1. The fourth-order valence-electron chi connectivity index (χ4n) is 2.61. The van der Waals surface area contributed by atoms with Crippen LogP contribution in [0, 0.1) is 5.92 Å². The zero-order chi connectivity index (χ0) is 14.3. The minimum atomic E-state index is -0.308. The van der Waals surface area contributed by atoms with E-state index in [9.17, 15) is 9.90 Å². The topological polar surface area (TPSA) is 40.5 Å². The molecule has 1 aromatic carbocycles. The predicted molar refractivity (Wildman–Crippen MR) is 82.5 cm³/mol. The van der Waals surface area contributed by atoms with Crippen molar-refractivity contribution in [3.05, 3.63) is 34.2 Å². The molecule has 2 atom stereocenters. The van der Waals surface area contributed by atoms with Crippen LogP contribution >= 0.6 is 22.9 Å². The lowest BCUT2D eigenvalue weighted by Gasteiger charge is -2.34. The molecule has 1 aliphatic heterocycles. The van der Waals surface area contributed by atoms with Crippen LogP contribution in [0.2, 0.25) is 5.02 Å². The minimum absolute atomic E-state index is 0.0186. The van der Waals surface area contributed by atoms with Gasteiger partial charge in [0.15, 0.2) is 0 Å². The van der Waals surface area contributed by atoms with Gasteiger partial charge < -0.3 is 10.0 Å². The second-order valence-corrected chi connectivity index (χ2v) is 6.76. The quantitative estimate of drug-likeness (QED) is 0.877. The van der Waals surface area contributed by atoms with Crippen LogP contribution in [0.15, 0.2) is 24.3 Å². The molecule has 2 unspecified atom stereocenters. The summed E-state index contributed by atoms with van der Waals surface area (Å²) in [5, 5.41) is 11.2. The van der Waals surface area contributed by atoms with E-state index < -0.39 is 0 Å². The highest BCUT2D eigenvalue weighted by Crippen LogP contribution is 2.36. The number of hydrogen-bond donors (Lipinski definition) is 1. The third-order valence-corrected chi connectivity index (χ3v) is 5.54. The molecule has 1 amide bonds. The van der Waals surface area contributed by atoms with Crippen LogP contribution in [0.25, 0.3) is 10.1 Å². The standard InChI is InChI=1S/C15H16ClNO2S/c1-9-8-17(7-6-11(9)18)15(19)14-13(16)10-4-2-3-5-12(10)20-14/h2-5,9,11,18H,6-8H2,1H3. The summed E-state index contributed by atoms with van der Waals surface area (Å²) in [5.41, 5.74) is 0. The molecule has 0 saturated carbocycles. The average Bonchev–Trinajstić information content (AvgIpc) is 2.79. The molecule has 1 fully saturated rings. The lowest BCUT2D eigenvalue weighted by molar-refractivity contribution is 0.0300. The fraction of sp³-hybridized carbons (Fsp3) is 0.400. The number of thiophene rings is 1.